The van der Waals surface area contributed by atoms with E-state index in [-0.39, 0.29) is 19.0 Å². The van der Waals surface area contributed by atoms with Crippen LogP contribution in [0.25, 0.3) is 0 Å². The number of aromatic amines is 1. The van der Waals surface area contributed by atoms with E-state index in [9.17, 15) is 4.79 Å². The Bertz CT molecular complexity index is 371. The van der Waals surface area contributed by atoms with Gasteiger partial charge in [0.2, 0.25) is 0 Å². The van der Waals surface area contributed by atoms with Gasteiger partial charge in [0.25, 0.3) is 0 Å². The third-order valence-electron chi connectivity index (χ3n) is 1.75. The molecule has 0 unspecified atom stereocenters. The number of methoxy groups -OCH3 is 1. The van der Waals surface area contributed by atoms with Gasteiger partial charge in [-0.1, -0.05) is 0 Å². The third-order valence-corrected chi connectivity index (χ3v) is 2.06. The number of H-pyrrole nitrogens is 1. The Hall–Kier alpha value is -1.21. The monoisotopic (exact) mass is 217 g/mol. The Kier molecular flexibility index (Phi) is 3.78. The molecule has 14 heavy (non-hydrogen) atoms. The molecule has 0 spiro atoms. The van der Waals surface area contributed by atoms with Crippen LogP contribution in [0.2, 0.25) is 0 Å². The van der Waals surface area contributed by atoms with Gasteiger partial charge >= 0.3 is 5.97 Å². The fourth-order valence-electron chi connectivity index (χ4n) is 1.01. The number of aromatic nitrogens is 3. The average molecular weight is 217 g/mol. The number of rotatable bonds is 4. The minimum atomic E-state index is -0.322. The Morgan fingerprint density at radius 1 is 1.79 bits per heavy atom. The van der Waals surface area contributed by atoms with Crippen molar-refractivity contribution >= 4 is 18.2 Å². The van der Waals surface area contributed by atoms with Gasteiger partial charge in [0.05, 0.1) is 13.5 Å². The molecule has 2 N–H and O–H groups in total. The highest BCUT2D eigenvalue weighted by atomic mass is 32.1. The van der Waals surface area contributed by atoms with Crippen LogP contribution in [0.15, 0.2) is 0 Å². The fourth-order valence-corrected chi connectivity index (χ4v) is 1.25. The second-order valence-electron chi connectivity index (χ2n) is 2.58. The molecule has 1 aromatic heterocycles. The zero-order chi connectivity index (χ0) is 10.6. The van der Waals surface area contributed by atoms with Gasteiger partial charge in [0, 0.05) is 6.54 Å². The zero-order valence-corrected chi connectivity index (χ0v) is 8.50. The van der Waals surface area contributed by atoms with Crippen LogP contribution in [0, 0.1) is 4.77 Å². The Balaban J connectivity index is 2.70. The Morgan fingerprint density at radius 2 is 2.50 bits per heavy atom. The predicted octanol–water partition coefficient (Wildman–Crippen LogP) is -0.00391. The summed E-state index contributed by atoms with van der Waals surface area (Å²) in [5.74, 6) is 0.0934. The summed E-state index contributed by atoms with van der Waals surface area (Å²) >= 11 is 4.91. The van der Waals surface area contributed by atoms with Crippen molar-refractivity contribution < 1.29 is 14.6 Å². The van der Waals surface area contributed by atoms with Gasteiger partial charge in [0.15, 0.2) is 10.6 Å². The lowest BCUT2D eigenvalue weighted by Gasteiger charge is -2.03. The second-order valence-corrected chi connectivity index (χ2v) is 2.97. The minimum Gasteiger partial charge on any atom is -0.469 e. The number of nitrogens with one attached hydrogen (secondary N) is 1. The van der Waals surface area contributed by atoms with E-state index in [0.717, 1.165) is 0 Å². The van der Waals surface area contributed by atoms with E-state index >= 15 is 0 Å². The van der Waals surface area contributed by atoms with Crippen LogP contribution in [0.4, 0.5) is 0 Å². The summed E-state index contributed by atoms with van der Waals surface area (Å²) in [4.78, 5) is 10.9. The predicted molar refractivity (Wildman–Crippen MR) is 50.0 cm³/mol. The average Bonchev–Trinajstić information content (AvgIpc) is 2.55. The number of nitrogens with zero attached hydrogens (tertiary/aromatic N) is 2. The van der Waals surface area contributed by atoms with E-state index in [1.54, 1.807) is 4.57 Å². The normalized spacial score (nSPS) is 10.1. The zero-order valence-electron chi connectivity index (χ0n) is 7.69. The van der Waals surface area contributed by atoms with Gasteiger partial charge in [-0.25, -0.2) is 0 Å². The molecule has 0 saturated carbocycles. The number of aliphatic hydroxyl groups excluding tert-OH is 1. The quantitative estimate of drug-likeness (QED) is 0.548. The first kappa shape index (κ1) is 10.9. The molecule has 1 heterocycles. The number of hydrogen-bond acceptors (Lipinski definition) is 5. The maximum absolute atomic E-state index is 10.9. The molecule has 0 atom stereocenters. The van der Waals surface area contributed by atoms with Crippen LogP contribution < -0.4 is 0 Å². The molecule has 0 amide bonds. The van der Waals surface area contributed by atoms with Crippen molar-refractivity contribution in [3.05, 3.63) is 10.6 Å². The lowest BCUT2D eigenvalue weighted by molar-refractivity contribution is -0.140. The molecule has 6 nitrogen and oxygen atoms in total. The Labute approximate surface area is 85.5 Å². The second kappa shape index (κ2) is 4.87. The molecule has 0 aliphatic carbocycles. The fraction of sp³-hybridized carbons (Fsp3) is 0.571. The topological polar surface area (TPSA) is 80.1 Å². The molecule has 78 valence electrons. The molecule has 0 saturated heterocycles. The summed E-state index contributed by atoms with van der Waals surface area (Å²) in [6, 6.07) is 0. The number of ether oxygens (including phenoxy) is 1. The molecule has 0 bridgehead atoms. The maximum Gasteiger partial charge on any atom is 0.307 e. The molecule has 1 rings (SSSR count). The van der Waals surface area contributed by atoms with Crippen molar-refractivity contribution in [3.63, 3.8) is 0 Å². The third kappa shape index (κ3) is 2.39. The van der Waals surface area contributed by atoms with Crippen molar-refractivity contribution in [2.24, 2.45) is 0 Å². The lowest BCUT2D eigenvalue weighted by Crippen LogP contribution is -2.09. The molecule has 0 aromatic carbocycles. The largest absolute Gasteiger partial charge is 0.469 e. The number of aliphatic hydroxyl groups is 1. The summed E-state index contributed by atoms with van der Waals surface area (Å²) < 4.78 is 6.43. The van der Waals surface area contributed by atoms with Crippen molar-refractivity contribution in [2.75, 3.05) is 7.11 Å². The molecule has 7 heteroatoms. The van der Waals surface area contributed by atoms with E-state index in [1.807, 2.05) is 0 Å². The van der Waals surface area contributed by atoms with Gasteiger partial charge in [-0.2, -0.15) is 5.10 Å². The Morgan fingerprint density at radius 3 is 3.07 bits per heavy atom. The lowest BCUT2D eigenvalue weighted by atomic mass is 10.4. The van der Waals surface area contributed by atoms with Gasteiger partial charge in [-0.05, 0) is 12.2 Å². The summed E-state index contributed by atoms with van der Waals surface area (Å²) in [5, 5.41) is 15.2. The van der Waals surface area contributed by atoms with Gasteiger partial charge in [-0.3, -0.25) is 9.89 Å². The standard InChI is InChI=1S/C7H11N3O3S/c1-13-6(12)2-3-10-5(4-11)8-9-7(10)14/h11H,2-4H2,1H3,(H,9,14). The summed E-state index contributed by atoms with van der Waals surface area (Å²) in [6.07, 6.45) is 0.206. The van der Waals surface area contributed by atoms with E-state index in [1.165, 1.54) is 7.11 Å². The van der Waals surface area contributed by atoms with E-state index in [0.29, 0.717) is 17.1 Å². The van der Waals surface area contributed by atoms with Crippen molar-refractivity contribution in [3.8, 4) is 0 Å². The smallest absolute Gasteiger partial charge is 0.307 e. The van der Waals surface area contributed by atoms with Crippen LogP contribution >= 0.6 is 12.2 Å². The highest BCUT2D eigenvalue weighted by Gasteiger charge is 2.07. The molecule has 0 radical (unpaired) electrons. The summed E-state index contributed by atoms with van der Waals surface area (Å²) in [6.45, 7) is 0.145. The van der Waals surface area contributed by atoms with Gasteiger partial charge < -0.3 is 14.4 Å². The molecular weight excluding hydrogens is 206 g/mol. The molecule has 0 fully saturated rings. The number of esters is 1. The van der Waals surface area contributed by atoms with Crippen LogP contribution in [0.5, 0.6) is 0 Å². The number of carbonyl (C=O) groups is 1. The minimum absolute atomic E-state index is 0.206. The first-order valence-corrected chi connectivity index (χ1v) is 4.41. The molecular formula is C7H11N3O3S. The SMILES string of the molecule is COC(=O)CCn1c(CO)n[nH]c1=S. The van der Waals surface area contributed by atoms with E-state index in [4.69, 9.17) is 17.3 Å². The molecule has 0 aliphatic rings. The maximum atomic E-state index is 10.9. The number of hydrogen-bond donors (Lipinski definition) is 2. The van der Waals surface area contributed by atoms with Gasteiger partial charge in [0.1, 0.15) is 6.61 Å². The van der Waals surface area contributed by atoms with Crippen molar-refractivity contribution in [2.45, 2.75) is 19.6 Å². The number of carbonyl (C=O) groups excluding carboxylic acids is 1. The first-order valence-electron chi connectivity index (χ1n) is 4.00. The van der Waals surface area contributed by atoms with Crippen LogP contribution in [0.1, 0.15) is 12.2 Å². The highest BCUT2D eigenvalue weighted by Crippen LogP contribution is 2.00. The van der Waals surface area contributed by atoms with Crippen molar-refractivity contribution in [1.29, 1.82) is 0 Å². The molecule has 0 aliphatic heterocycles. The van der Waals surface area contributed by atoms with Gasteiger partial charge in [-0.15, -0.1) is 0 Å². The van der Waals surface area contributed by atoms with Crippen molar-refractivity contribution in [1.82, 2.24) is 14.8 Å². The highest BCUT2D eigenvalue weighted by molar-refractivity contribution is 7.71. The van der Waals surface area contributed by atoms with E-state index in [2.05, 4.69) is 14.9 Å². The summed E-state index contributed by atoms with van der Waals surface area (Å²) in [7, 11) is 1.32. The first-order chi connectivity index (χ1) is 6.69. The molecule has 1 aromatic rings. The van der Waals surface area contributed by atoms with Crippen LogP contribution in [0.3, 0.4) is 0 Å². The van der Waals surface area contributed by atoms with Crippen LogP contribution in [-0.2, 0) is 22.7 Å². The van der Waals surface area contributed by atoms with E-state index < -0.39 is 0 Å². The summed E-state index contributed by atoms with van der Waals surface area (Å²) in [5.41, 5.74) is 0. The van der Waals surface area contributed by atoms with Crippen LogP contribution in [-0.4, -0.2) is 33.0 Å².